The second-order valence-electron chi connectivity index (χ2n) is 10.1. The maximum Gasteiger partial charge on any atom is 0.255 e. The molecule has 5 rings (SSSR count). The van der Waals surface area contributed by atoms with Gasteiger partial charge in [0.15, 0.2) is 0 Å². The van der Waals surface area contributed by atoms with Crippen LogP contribution < -0.4 is 10.0 Å². The molecule has 1 saturated carbocycles. The number of carbonyl (C=O) groups is 2. The largest absolute Gasteiger partial charge is 0.343 e. The lowest BCUT2D eigenvalue weighted by molar-refractivity contribution is -0.910. The van der Waals surface area contributed by atoms with E-state index in [0.717, 1.165) is 17.6 Å². The number of nitrogens with one attached hydrogen (secondary N) is 1. The Labute approximate surface area is 236 Å². The molecule has 3 aromatic rings. The van der Waals surface area contributed by atoms with Gasteiger partial charge >= 0.3 is 0 Å². The fourth-order valence-corrected chi connectivity index (χ4v) is 6.50. The monoisotopic (exact) mass is 567 g/mol. The molecule has 1 aliphatic carbocycles. The number of aromatic nitrogens is 1. The molecule has 2 N–H and O–H groups in total. The van der Waals surface area contributed by atoms with Crippen LogP contribution in [0.25, 0.3) is 0 Å². The van der Waals surface area contributed by atoms with Crippen LogP contribution in [0.2, 0.25) is 10.0 Å². The average Bonchev–Trinajstić information content (AvgIpc) is 2.93. The Morgan fingerprint density at radius 2 is 1.82 bits per heavy atom. The van der Waals surface area contributed by atoms with Crippen LogP contribution in [0.4, 0.5) is 0 Å². The molecule has 10 heteroatoms. The molecule has 2 aromatic carbocycles. The van der Waals surface area contributed by atoms with Crippen molar-refractivity contribution in [2.75, 3.05) is 0 Å². The van der Waals surface area contributed by atoms with Crippen LogP contribution in [0, 0.1) is 4.91 Å². The van der Waals surface area contributed by atoms with Gasteiger partial charge in [0.25, 0.3) is 11.6 Å². The van der Waals surface area contributed by atoms with Gasteiger partial charge in [-0.15, -0.1) is 0 Å². The average molecular weight is 568 g/mol. The summed E-state index contributed by atoms with van der Waals surface area (Å²) in [5.74, 6) is -1.47. The maximum atomic E-state index is 14.2. The second kappa shape index (κ2) is 11.3. The summed E-state index contributed by atoms with van der Waals surface area (Å²) in [7, 11) is 0. The van der Waals surface area contributed by atoms with E-state index in [-0.39, 0.29) is 11.8 Å². The molecule has 202 valence electrons. The Kier molecular flexibility index (Phi) is 7.86. The van der Waals surface area contributed by atoms with Crippen molar-refractivity contribution in [3.63, 3.8) is 0 Å². The first-order valence-corrected chi connectivity index (χ1v) is 13.8. The van der Waals surface area contributed by atoms with Crippen molar-refractivity contribution in [1.82, 2.24) is 10.2 Å². The third-order valence-electron chi connectivity index (χ3n) is 7.80. The Hall–Kier alpha value is -3.49. The van der Waals surface area contributed by atoms with E-state index in [2.05, 4.69) is 10.5 Å². The zero-order valence-corrected chi connectivity index (χ0v) is 22.8. The minimum atomic E-state index is -0.856. The number of nitroso groups, excluding NO2 is 1. The Morgan fingerprint density at radius 3 is 2.56 bits per heavy atom. The van der Waals surface area contributed by atoms with Crippen molar-refractivity contribution in [2.45, 2.75) is 62.7 Å². The van der Waals surface area contributed by atoms with E-state index in [1.165, 1.54) is 6.20 Å². The molecule has 2 amide bonds. The maximum absolute atomic E-state index is 14.2. The minimum Gasteiger partial charge on any atom is -0.343 e. The second-order valence-corrected chi connectivity index (χ2v) is 11.0. The van der Waals surface area contributed by atoms with Gasteiger partial charge in [0.05, 0.1) is 18.0 Å². The molecule has 0 radical (unpaired) electrons. The number of hydrogen-bond donors (Lipinski definition) is 2. The summed E-state index contributed by atoms with van der Waals surface area (Å²) in [6.07, 6.45) is 4.32. The Morgan fingerprint density at radius 1 is 1.08 bits per heavy atom. The molecule has 5 atom stereocenters. The van der Waals surface area contributed by atoms with Crippen LogP contribution in [0.15, 0.2) is 72.0 Å². The van der Waals surface area contributed by atoms with Crippen molar-refractivity contribution in [1.29, 1.82) is 0 Å². The third-order valence-corrected chi connectivity index (χ3v) is 8.36. The van der Waals surface area contributed by atoms with Crippen LogP contribution >= 0.6 is 23.2 Å². The molecule has 8 nitrogen and oxygen atoms in total. The van der Waals surface area contributed by atoms with E-state index >= 15 is 0 Å². The van der Waals surface area contributed by atoms with Crippen LogP contribution in [0.3, 0.4) is 0 Å². The number of pyridine rings is 1. The molecule has 0 saturated heterocycles. The lowest BCUT2D eigenvalue weighted by Crippen LogP contribution is -2.55. The molecule has 0 spiro atoms. The van der Waals surface area contributed by atoms with Gasteiger partial charge < -0.3 is 10.2 Å². The van der Waals surface area contributed by atoms with Gasteiger partial charge in [0.1, 0.15) is 12.1 Å². The number of amides is 2. The van der Waals surface area contributed by atoms with Crippen molar-refractivity contribution < 1.29 is 19.5 Å². The van der Waals surface area contributed by atoms with Crippen LogP contribution in [-0.2, 0) is 4.79 Å². The molecule has 1 unspecified atom stereocenters. The number of fused-ring (bicyclic) bond motifs is 1. The fourth-order valence-electron chi connectivity index (χ4n) is 5.98. The Balaban J connectivity index is 1.66. The highest BCUT2D eigenvalue weighted by atomic mass is 35.5. The van der Waals surface area contributed by atoms with E-state index in [0.29, 0.717) is 45.3 Å². The first kappa shape index (κ1) is 27.1. The van der Waals surface area contributed by atoms with Crippen molar-refractivity contribution >= 4 is 35.0 Å². The molecule has 39 heavy (non-hydrogen) atoms. The van der Waals surface area contributed by atoms with Gasteiger partial charge in [-0.05, 0) is 55.2 Å². The highest BCUT2D eigenvalue weighted by Crippen LogP contribution is 2.48. The summed E-state index contributed by atoms with van der Waals surface area (Å²) in [6.45, 7) is 1.77. The summed E-state index contributed by atoms with van der Waals surface area (Å²) in [5.41, 5.74) is 2.01. The zero-order valence-electron chi connectivity index (χ0n) is 21.3. The van der Waals surface area contributed by atoms with Gasteiger partial charge in [-0.2, -0.15) is 4.91 Å². The quantitative estimate of drug-likeness (QED) is 0.224. The predicted octanol–water partition coefficient (Wildman–Crippen LogP) is 5.75. The van der Waals surface area contributed by atoms with Gasteiger partial charge in [0.2, 0.25) is 12.1 Å². The highest BCUT2D eigenvalue weighted by molar-refractivity contribution is 6.35. The molecule has 2 heterocycles. The van der Waals surface area contributed by atoms with Crippen molar-refractivity contribution in [3.8, 4) is 0 Å². The van der Waals surface area contributed by atoms with Crippen LogP contribution in [-0.4, -0.2) is 34.0 Å². The Bertz CT molecular complexity index is 1420. The smallest absolute Gasteiger partial charge is 0.255 e. The lowest BCUT2D eigenvalue weighted by atomic mass is 9.76. The number of benzene rings is 2. The third kappa shape index (κ3) is 5.11. The molecule has 1 fully saturated rings. The summed E-state index contributed by atoms with van der Waals surface area (Å²) >= 11 is 12.9. The highest BCUT2D eigenvalue weighted by Gasteiger charge is 2.49. The normalized spacial score (nSPS) is 23.6. The van der Waals surface area contributed by atoms with E-state index < -0.39 is 30.1 Å². The summed E-state index contributed by atoms with van der Waals surface area (Å²) in [4.78, 5) is 41.9. The first-order valence-electron chi connectivity index (χ1n) is 13.0. The van der Waals surface area contributed by atoms with E-state index in [1.807, 2.05) is 0 Å². The van der Waals surface area contributed by atoms with E-state index in [1.54, 1.807) is 72.5 Å². The predicted molar refractivity (Wildman–Crippen MR) is 147 cm³/mol. The number of hydrogen-bond acceptors (Lipinski definition) is 5. The van der Waals surface area contributed by atoms with Gasteiger partial charge in [-0.1, -0.05) is 65.5 Å². The van der Waals surface area contributed by atoms with Crippen LogP contribution in [0.1, 0.15) is 77.8 Å². The molecule has 0 bridgehead atoms. The number of nitrogens with zero attached hydrogens (tertiary/aromatic N) is 3. The molecular formula is C29H29Cl2N4O4+. The van der Waals surface area contributed by atoms with Crippen molar-refractivity contribution in [2.24, 2.45) is 5.18 Å². The van der Waals surface area contributed by atoms with Crippen molar-refractivity contribution in [3.05, 3.63) is 104 Å². The molecule has 2 aliphatic rings. The lowest BCUT2D eigenvalue weighted by Gasteiger charge is -2.48. The summed E-state index contributed by atoms with van der Waals surface area (Å²) in [6, 6.07) is 14.8. The van der Waals surface area contributed by atoms with Crippen LogP contribution in [0.5, 0.6) is 0 Å². The van der Waals surface area contributed by atoms with Gasteiger partial charge in [-0.25, -0.2) is 0 Å². The van der Waals surface area contributed by atoms with Gasteiger partial charge in [0, 0.05) is 32.5 Å². The SMILES string of the molecule is CC(NC(=O)[C@@H]1c2ccccc2C(=O)N([C@H]2CCCC[C@@H]2N=O)[C@H]1c1ccc(Cl)cc1Cl)c1cccc[n+]1O. The molecule has 1 aliphatic heterocycles. The summed E-state index contributed by atoms with van der Waals surface area (Å²) < 4.78 is 0.964. The first-order chi connectivity index (χ1) is 18.8. The minimum absolute atomic E-state index is 0.268. The van der Waals surface area contributed by atoms with Gasteiger partial charge in [-0.3, -0.25) is 14.8 Å². The molecular weight excluding hydrogens is 539 g/mol. The standard InChI is InChI=1S/C29H28Cl2N4O4/c1-17(24-11-6-7-15-34(24)39)32-28(36)26-19-8-2-3-9-20(19)29(37)35(25-12-5-4-10-23(25)33-38)27(26)21-14-13-18(30)16-22(21)31/h2-3,6-9,11,13-17,23,25-27H,4-5,10,12H2,1H3,(H-,32,36,39)/p+1/t17?,23-,25-,26+,27-/m0/s1. The molecule has 1 aromatic heterocycles. The number of rotatable bonds is 6. The number of halogens is 2. The van der Waals surface area contributed by atoms with E-state index in [9.17, 15) is 19.7 Å². The fraction of sp³-hybridized carbons (Fsp3) is 0.345. The zero-order chi connectivity index (χ0) is 27.7. The topological polar surface area (TPSA) is 103 Å². The summed E-state index contributed by atoms with van der Waals surface area (Å²) in [5, 5.41) is 17.5. The van der Waals surface area contributed by atoms with E-state index in [4.69, 9.17) is 23.2 Å². The number of carbonyl (C=O) groups excluding carboxylic acids is 2.